The third-order valence-electron chi connectivity index (χ3n) is 5.75. The lowest BCUT2D eigenvalue weighted by Gasteiger charge is -2.34. The molecule has 0 spiro atoms. The summed E-state index contributed by atoms with van der Waals surface area (Å²) in [6.45, 7) is 12.9. The Bertz CT molecular complexity index is 1110. The molecule has 37 heavy (non-hydrogen) atoms. The molecule has 2 atom stereocenters. The van der Waals surface area contributed by atoms with Gasteiger partial charge in [0.25, 0.3) is 5.91 Å². The molecule has 0 bridgehead atoms. The van der Waals surface area contributed by atoms with E-state index in [4.69, 9.17) is 4.74 Å². The lowest BCUT2D eigenvalue weighted by Crippen LogP contribution is -2.53. The molecule has 0 saturated carbocycles. The molecule has 2 aromatic carbocycles. The summed E-state index contributed by atoms with van der Waals surface area (Å²) in [4.78, 5) is 41.5. The number of phenolic OH excluding ortho intramolecular Hbond substituents is 1. The molecule has 2 aromatic rings. The van der Waals surface area contributed by atoms with E-state index in [1.165, 1.54) is 11.0 Å². The molecule has 2 unspecified atom stereocenters. The first-order valence-electron chi connectivity index (χ1n) is 12.4. The van der Waals surface area contributed by atoms with E-state index in [9.17, 15) is 19.5 Å². The first kappa shape index (κ1) is 30.0. The highest BCUT2D eigenvalue weighted by Gasteiger charge is 2.36. The van der Waals surface area contributed by atoms with Gasteiger partial charge in [0.1, 0.15) is 23.4 Å². The van der Waals surface area contributed by atoms with Crippen LogP contribution in [-0.2, 0) is 14.3 Å². The van der Waals surface area contributed by atoms with Crippen LogP contribution in [-0.4, -0.2) is 51.9 Å². The number of alkyl carbamates (subject to hydrolysis) is 1. The molecular formula is C28H39N3O5S. The van der Waals surface area contributed by atoms with Crippen molar-refractivity contribution in [2.45, 2.75) is 72.6 Å². The van der Waals surface area contributed by atoms with Gasteiger partial charge in [0, 0.05) is 18.0 Å². The molecule has 3 amide bonds. The van der Waals surface area contributed by atoms with E-state index in [1.807, 2.05) is 39.0 Å². The maximum Gasteiger partial charge on any atom is 0.408 e. The number of carbonyl (C=O) groups excluding carboxylic acids is 3. The van der Waals surface area contributed by atoms with Crippen molar-refractivity contribution in [3.63, 3.8) is 0 Å². The fourth-order valence-electron chi connectivity index (χ4n) is 3.97. The monoisotopic (exact) mass is 529 g/mol. The minimum Gasteiger partial charge on any atom is -0.508 e. The van der Waals surface area contributed by atoms with Crippen LogP contribution in [0.2, 0.25) is 0 Å². The Morgan fingerprint density at radius 3 is 2.19 bits per heavy atom. The number of ether oxygens (including phenoxy) is 1. The van der Waals surface area contributed by atoms with E-state index in [0.29, 0.717) is 23.2 Å². The molecule has 0 aliphatic rings. The summed E-state index contributed by atoms with van der Waals surface area (Å²) in [5.74, 6) is -0.765. The van der Waals surface area contributed by atoms with Gasteiger partial charge < -0.3 is 25.4 Å². The Hall–Kier alpha value is -3.20. The number of carbonyl (C=O) groups is 3. The number of benzene rings is 2. The van der Waals surface area contributed by atoms with Gasteiger partial charge in [-0.3, -0.25) is 9.59 Å². The number of aromatic hydroxyl groups is 1. The molecule has 3 N–H and O–H groups in total. The molecule has 0 heterocycles. The molecule has 0 saturated heterocycles. The van der Waals surface area contributed by atoms with Gasteiger partial charge in [-0.25, -0.2) is 4.79 Å². The molecule has 0 fully saturated rings. The van der Waals surface area contributed by atoms with E-state index in [-0.39, 0.29) is 18.0 Å². The SMILES string of the molecule is CCCN(C(=O)C(CS)NC(=O)OC(C)(C)C)C(C(=O)Nc1c(C)cccc1C)c1ccc(O)c(C)c1. The van der Waals surface area contributed by atoms with Crippen molar-refractivity contribution in [3.8, 4) is 5.75 Å². The molecule has 0 aliphatic heterocycles. The normalized spacial score (nSPS) is 12.9. The highest BCUT2D eigenvalue weighted by molar-refractivity contribution is 7.80. The van der Waals surface area contributed by atoms with Crippen LogP contribution in [0, 0.1) is 20.8 Å². The van der Waals surface area contributed by atoms with Crippen LogP contribution >= 0.6 is 12.6 Å². The Morgan fingerprint density at radius 2 is 1.68 bits per heavy atom. The van der Waals surface area contributed by atoms with E-state index in [0.717, 1.165) is 11.1 Å². The lowest BCUT2D eigenvalue weighted by atomic mass is 9.99. The van der Waals surface area contributed by atoms with Crippen molar-refractivity contribution in [1.82, 2.24) is 10.2 Å². The maximum absolute atomic E-state index is 13.9. The van der Waals surface area contributed by atoms with Crippen molar-refractivity contribution in [2.75, 3.05) is 17.6 Å². The van der Waals surface area contributed by atoms with Crippen molar-refractivity contribution >= 4 is 36.2 Å². The number of nitrogens with one attached hydrogen (secondary N) is 2. The van der Waals surface area contributed by atoms with Crippen LogP contribution in [0.5, 0.6) is 5.75 Å². The number of nitrogens with zero attached hydrogens (tertiary/aromatic N) is 1. The van der Waals surface area contributed by atoms with Gasteiger partial charge in [0.2, 0.25) is 5.91 Å². The zero-order valence-corrected chi connectivity index (χ0v) is 23.6. The molecule has 8 nitrogen and oxygen atoms in total. The maximum atomic E-state index is 13.9. The number of hydrogen-bond donors (Lipinski definition) is 4. The fourth-order valence-corrected chi connectivity index (χ4v) is 4.22. The van der Waals surface area contributed by atoms with Crippen LogP contribution in [0.15, 0.2) is 36.4 Å². The second-order valence-corrected chi connectivity index (χ2v) is 10.5. The Morgan fingerprint density at radius 1 is 1.05 bits per heavy atom. The topological polar surface area (TPSA) is 108 Å². The van der Waals surface area contributed by atoms with E-state index in [2.05, 4.69) is 23.3 Å². The summed E-state index contributed by atoms with van der Waals surface area (Å²) < 4.78 is 5.32. The second-order valence-electron chi connectivity index (χ2n) is 10.1. The van der Waals surface area contributed by atoms with Gasteiger partial charge in [-0.15, -0.1) is 0 Å². The van der Waals surface area contributed by atoms with Crippen LogP contribution in [0.1, 0.15) is 62.4 Å². The predicted molar refractivity (Wildman–Crippen MR) is 149 cm³/mol. The average molecular weight is 530 g/mol. The van der Waals surface area contributed by atoms with Crippen LogP contribution in [0.3, 0.4) is 0 Å². The number of anilines is 1. The Balaban J connectivity index is 2.52. The van der Waals surface area contributed by atoms with Gasteiger partial charge in [-0.1, -0.05) is 31.2 Å². The van der Waals surface area contributed by atoms with Gasteiger partial charge in [-0.05, 0) is 82.3 Å². The van der Waals surface area contributed by atoms with Gasteiger partial charge >= 0.3 is 6.09 Å². The van der Waals surface area contributed by atoms with Gasteiger partial charge in [-0.2, -0.15) is 12.6 Å². The minimum atomic E-state index is -1.02. The summed E-state index contributed by atoms with van der Waals surface area (Å²) >= 11 is 4.30. The summed E-state index contributed by atoms with van der Waals surface area (Å²) in [7, 11) is 0. The fraction of sp³-hybridized carbons (Fsp3) is 0.464. The lowest BCUT2D eigenvalue weighted by molar-refractivity contribution is -0.140. The molecule has 202 valence electrons. The minimum absolute atomic E-state index is 0.0120. The summed E-state index contributed by atoms with van der Waals surface area (Å²) in [5.41, 5.74) is 2.83. The summed E-state index contributed by atoms with van der Waals surface area (Å²) in [6.07, 6.45) is -0.171. The number of thiol groups is 1. The molecular weight excluding hydrogens is 490 g/mol. The second kappa shape index (κ2) is 12.9. The summed E-state index contributed by atoms with van der Waals surface area (Å²) in [6, 6.07) is 8.51. The zero-order chi connectivity index (χ0) is 27.9. The summed E-state index contributed by atoms with van der Waals surface area (Å²) in [5, 5.41) is 15.7. The highest BCUT2D eigenvalue weighted by Crippen LogP contribution is 2.29. The van der Waals surface area contributed by atoms with Crippen molar-refractivity contribution in [2.24, 2.45) is 0 Å². The number of phenols is 1. The number of rotatable bonds is 9. The number of hydrogen-bond acceptors (Lipinski definition) is 6. The first-order valence-corrected chi connectivity index (χ1v) is 13.0. The van der Waals surface area contributed by atoms with Crippen LogP contribution < -0.4 is 10.6 Å². The third kappa shape index (κ3) is 8.15. The Labute approximate surface area is 225 Å². The molecule has 9 heteroatoms. The van der Waals surface area contributed by atoms with Crippen molar-refractivity contribution in [3.05, 3.63) is 58.7 Å². The largest absolute Gasteiger partial charge is 0.508 e. The van der Waals surface area contributed by atoms with E-state index in [1.54, 1.807) is 39.8 Å². The van der Waals surface area contributed by atoms with Crippen LogP contribution in [0.25, 0.3) is 0 Å². The standard InChI is InChI=1S/C28H39N3O5S/c1-8-14-31(26(34)21(16-37)29-27(35)36-28(5,6)7)24(20-12-13-22(32)19(4)15-20)25(33)30-23-17(2)10-9-11-18(23)3/h9-13,15,21,24,32,37H,8,14,16H2,1-7H3,(H,29,35)(H,30,33). The van der Waals surface area contributed by atoms with Crippen molar-refractivity contribution in [1.29, 1.82) is 0 Å². The number of amides is 3. The molecule has 0 radical (unpaired) electrons. The Kier molecular flexibility index (Phi) is 10.4. The molecule has 0 aliphatic carbocycles. The first-order chi connectivity index (χ1) is 17.3. The quantitative estimate of drug-likeness (QED) is 0.340. The number of para-hydroxylation sites is 1. The van der Waals surface area contributed by atoms with Crippen molar-refractivity contribution < 1.29 is 24.2 Å². The average Bonchev–Trinajstić information content (AvgIpc) is 2.80. The van der Waals surface area contributed by atoms with E-state index >= 15 is 0 Å². The van der Waals surface area contributed by atoms with Gasteiger partial charge in [0.05, 0.1) is 0 Å². The highest BCUT2D eigenvalue weighted by atomic mass is 32.1. The smallest absolute Gasteiger partial charge is 0.408 e. The number of aryl methyl sites for hydroxylation is 3. The zero-order valence-electron chi connectivity index (χ0n) is 22.7. The van der Waals surface area contributed by atoms with E-state index < -0.39 is 35.6 Å². The van der Waals surface area contributed by atoms with Gasteiger partial charge in [0.15, 0.2) is 0 Å². The third-order valence-corrected chi connectivity index (χ3v) is 6.11. The van der Waals surface area contributed by atoms with Crippen LogP contribution in [0.4, 0.5) is 10.5 Å². The predicted octanol–water partition coefficient (Wildman–Crippen LogP) is 5.06. The molecule has 0 aromatic heterocycles. The molecule has 2 rings (SSSR count).